The third kappa shape index (κ3) is 3.58. The van der Waals surface area contributed by atoms with Crippen LogP contribution in [-0.2, 0) is 22.6 Å². The number of thiophene rings is 1. The van der Waals surface area contributed by atoms with Crippen LogP contribution in [0.1, 0.15) is 36.6 Å². The van der Waals surface area contributed by atoms with Crippen molar-refractivity contribution in [3.05, 3.63) is 21.9 Å². The van der Waals surface area contributed by atoms with E-state index in [0.29, 0.717) is 31.8 Å². The smallest absolute Gasteiger partial charge is 0.223 e. The van der Waals surface area contributed by atoms with Gasteiger partial charge in [0, 0.05) is 43.4 Å². The van der Waals surface area contributed by atoms with Gasteiger partial charge in [0.2, 0.25) is 11.8 Å². The van der Waals surface area contributed by atoms with E-state index in [2.05, 4.69) is 18.4 Å². The summed E-state index contributed by atoms with van der Waals surface area (Å²) in [6.45, 7) is 4.91. The average molecular weight is 335 g/mol. The Labute approximate surface area is 141 Å². The number of nitrogens with two attached hydrogens (primary N) is 1. The molecule has 2 aliphatic rings. The zero-order valence-electron chi connectivity index (χ0n) is 13.7. The zero-order valence-corrected chi connectivity index (χ0v) is 14.5. The van der Waals surface area contributed by atoms with Gasteiger partial charge in [-0.15, -0.1) is 11.3 Å². The summed E-state index contributed by atoms with van der Waals surface area (Å²) in [7, 11) is 0. The number of hydrogen-bond acceptors (Lipinski definition) is 4. The first-order chi connectivity index (χ1) is 11.1. The minimum atomic E-state index is 0.0926. The summed E-state index contributed by atoms with van der Waals surface area (Å²) in [5, 5.41) is 2.09. The number of amides is 2. The fraction of sp³-hybridized carbons (Fsp3) is 0.647. The van der Waals surface area contributed by atoms with Crippen LogP contribution in [0.25, 0.3) is 0 Å². The topological polar surface area (TPSA) is 66.6 Å². The van der Waals surface area contributed by atoms with Crippen molar-refractivity contribution in [1.82, 2.24) is 9.80 Å². The van der Waals surface area contributed by atoms with Crippen LogP contribution in [0.15, 0.2) is 11.4 Å². The van der Waals surface area contributed by atoms with Crippen LogP contribution >= 0.6 is 11.3 Å². The van der Waals surface area contributed by atoms with Gasteiger partial charge in [-0.05, 0) is 49.2 Å². The Bertz CT molecular complexity index is 586. The summed E-state index contributed by atoms with van der Waals surface area (Å²) in [4.78, 5) is 29.9. The maximum Gasteiger partial charge on any atom is 0.223 e. The molecule has 1 saturated heterocycles. The van der Waals surface area contributed by atoms with Crippen molar-refractivity contribution in [1.29, 1.82) is 0 Å². The van der Waals surface area contributed by atoms with Gasteiger partial charge in [0.15, 0.2) is 0 Å². The minimum absolute atomic E-state index is 0.0926. The fourth-order valence-corrected chi connectivity index (χ4v) is 4.53. The molecule has 1 aromatic rings. The molecule has 2 unspecified atom stereocenters. The lowest BCUT2D eigenvalue weighted by Crippen LogP contribution is -2.38. The van der Waals surface area contributed by atoms with Crippen LogP contribution in [0, 0.1) is 5.92 Å². The molecular formula is C17H25N3O2S. The molecule has 0 spiro atoms. The van der Waals surface area contributed by atoms with Crippen molar-refractivity contribution in [2.24, 2.45) is 11.7 Å². The van der Waals surface area contributed by atoms with Gasteiger partial charge in [-0.1, -0.05) is 0 Å². The first-order valence-corrected chi connectivity index (χ1v) is 9.29. The minimum Gasteiger partial charge on any atom is -0.340 e. The summed E-state index contributed by atoms with van der Waals surface area (Å²) < 4.78 is 0. The highest BCUT2D eigenvalue weighted by atomic mass is 32.1. The molecule has 23 heavy (non-hydrogen) atoms. The Balaban J connectivity index is 1.49. The molecule has 2 amide bonds. The summed E-state index contributed by atoms with van der Waals surface area (Å²) in [5.41, 5.74) is 6.97. The highest BCUT2D eigenvalue weighted by Crippen LogP contribution is 2.25. The van der Waals surface area contributed by atoms with E-state index in [0.717, 1.165) is 25.9 Å². The quantitative estimate of drug-likeness (QED) is 0.909. The van der Waals surface area contributed by atoms with Gasteiger partial charge < -0.3 is 15.5 Å². The van der Waals surface area contributed by atoms with Crippen LogP contribution in [0.4, 0.5) is 0 Å². The van der Waals surface area contributed by atoms with Crippen LogP contribution in [0.2, 0.25) is 0 Å². The number of nitrogens with zero attached hydrogens (tertiary/aromatic N) is 2. The number of carbonyl (C=O) groups is 2. The van der Waals surface area contributed by atoms with Crippen molar-refractivity contribution in [3.63, 3.8) is 0 Å². The molecule has 1 aromatic heterocycles. The predicted molar refractivity (Wildman–Crippen MR) is 91.0 cm³/mol. The van der Waals surface area contributed by atoms with E-state index in [1.165, 1.54) is 10.4 Å². The van der Waals surface area contributed by atoms with Gasteiger partial charge in [-0.2, -0.15) is 0 Å². The molecule has 3 rings (SSSR count). The lowest BCUT2D eigenvalue weighted by atomic mass is 10.1. The number of likely N-dealkylation sites (tertiary alicyclic amines) is 1. The standard InChI is InChI=1S/C17H25N3O2S/c1-12-8-13(9-18)10-20(12)17(22)3-2-16(21)19-6-4-15-14(11-19)5-7-23-15/h5,7,12-13H,2-4,6,8-11,18H2,1H3. The van der Waals surface area contributed by atoms with Crippen LogP contribution in [0.5, 0.6) is 0 Å². The summed E-state index contributed by atoms with van der Waals surface area (Å²) >= 11 is 1.77. The van der Waals surface area contributed by atoms with Gasteiger partial charge in [-0.25, -0.2) is 0 Å². The monoisotopic (exact) mass is 335 g/mol. The van der Waals surface area contributed by atoms with Crippen molar-refractivity contribution in [2.75, 3.05) is 19.6 Å². The predicted octanol–water partition coefficient (Wildman–Crippen LogP) is 1.61. The van der Waals surface area contributed by atoms with Gasteiger partial charge in [-0.3, -0.25) is 9.59 Å². The largest absolute Gasteiger partial charge is 0.340 e. The summed E-state index contributed by atoms with van der Waals surface area (Å²) in [6, 6.07) is 2.35. The third-order valence-electron chi connectivity index (χ3n) is 5.03. The highest BCUT2D eigenvalue weighted by Gasteiger charge is 2.31. The van der Waals surface area contributed by atoms with Gasteiger partial charge >= 0.3 is 0 Å². The first kappa shape index (κ1) is 16.5. The molecule has 126 valence electrons. The van der Waals surface area contributed by atoms with Gasteiger partial charge in [0.1, 0.15) is 0 Å². The zero-order chi connectivity index (χ0) is 16.4. The maximum absolute atomic E-state index is 12.4. The maximum atomic E-state index is 12.4. The van der Waals surface area contributed by atoms with Crippen LogP contribution < -0.4 is 5.73 Å². The molecule has 6 heteroatoms. The molecule has 1 fully saturated rings. The molecule has 2 N–H and O–H groups in total. The van der Waals surface area contributed by atoms with E-state index in [-0.39, 0.29) is 17.9 Å². The van der Waals surface area contributed by atoms with E-state index in [9.17, 15) is 9.59 Å². The van der Waals surface area contributed by atoms with E-state index in [1.807, 2.05) is 9.80 Å². The van der Waals surface area contributed by atoms with Crippen molar-refractivity contribution >= 4 is 23.2 Å². The molecule has 0 aliphatic carbocycles. The van der Waals surface area contributed by atoms with Crippen LogP contribution in [-0.4, -0.2) is 47.3 Å². The number of hydrogen-bond donors (Lipinski definition) is 1. The van der Waals surface area contributed by atoms with Gasteiger partial charge in [0.25, 0.3) is 0 Å². The molecule has 2 aliphatic heterocycles. The van der Waals surface area contributed by atoms with Crippen molar-refractivity contribution < 1.29 is 9.59 Å². The molecule has 3 heterocycles. The lowest BCUT2D eigenvalue weighted by molar-refractivity contribution is -0.137. The van der Waals surface area contributed by atoms with Crippen molar-refractivity contribution in [3.8, 4) is 0 Å². The second-order valence-electron chi connectivity index (χ2n) is 6.67. The molecule has 0 aromatic carbocycles. The molecule has 5 nitrogen and oxygen atoms in total. The fourth-order valence-electron chi connectivity index (χ4n) is 3.64. The molecule has 0 radical (unpaired) electrons. The Morgan fingerprint density at radius 2 is 2.13 bits per heavy atom. The first-order valence-electron chi connectivity index (χ1n) is 8.41. The molecule has 0 bridgehead atoms. The Morgan fingerprint density at radius 1 is 1.35 bits per heavy atom. The van der Waals surface area contributed by atoms with E-state index in [4.69, 9.17) is 5.73 Å². The average Bonchev–Trinajstić information content (AvgIpc) is 3.17. The second-order valence-corrected chi connectivity index (χ2v) is 7.67. The lowest BCUT2D eigenvalue weighted by Gasteiger charge is -2.27. The summed E-state index contributed by atoms with van der Waals surface area (Å²) in [6.07, 6.45) is 2.54. The SMILES string of the molecule is CC1CC(CN)CN1C(=O)CCC(=O)N1CCc2sccc2C1. The Morgan fingerprint density at radius 3 is 2.87 bits per heavy atom. The summed E-state index contributed by atoms with van der Waals surface area (Å²) in [5.74, 6) is 0.594. The van der Waals surface area contributed by atoms with Crippen LogP contribution in [0.3, 0.4) is 0 Å². The second kappa shape index (κ2) is 7.01. The third-order valence-corrected chi connectivity index (χ3v) is 6.05. The molecule has 2 atom stereocenters. The number of rotatable bonds is 4. The van der Waals surface area contributed by atoms with Gasteiger partial charge in [0.05, 0.1) is 0 Å². The number of carbonyl (C=O) groups excluding carboxylic acids is 2. The highest BCUT2D eigenvalue weighted by molar-refractivity contribution is 7.10. The van der Waals surface area contributed by atoms with E-state index in [1.54, 1.807) is 11.3 Å². The Kier molecular flexibility index (Phi) is 5.02. The molecular weight excluding hydrogens is 310 g/mol. The molecule has 0 saturated carbocycles. The van der Waals surface area contributed by atoms with E-state index >= 15 is 0 Å². The van der Waals surface area contributed by atoms with E-state index < -0.39 is 0 Å². The normalized spacial score (nSPS) is 23.9. The van der Waals surface area contributed by atoms with Crippen molar-refractivity contribution in [2.45, 2.75) is 45.2 Å². The Hall–Kier alpha value is -1.40. The number of fused-ring (bicyclic) bond motifs is 1.